The summed E-state index contributed by atoms with van der Waals surface area (Å²) in [5, 5.41) is 13.1. The van der Waals surface area contributed by atoms with Crippen molar-refractivity contribution >= 4 is 28.4 Å². The number of fused-ring (bicyclic) bond motifs is 1. The molecule has 7 heteroatoms. The number of hydrogen-bond donors (Lipinski definition) is 1. The van der Waals surface area contributed by atoms with Gasteiger partial charge < -0.3 is 4.98 Å². The second-order valence-corrected chi connectivity index (χ2v) is 7.80. The van der Waals surface area contributed by atoms with Crippen LogP contribution in [0.3, 0.4) is 0 Å². The van der Waals surface area contributed by atoms with E-state index >= 15 is 0 Å². The van der Waals surface area contributed by atoms with Gasteiger partial charge in [0.2, 0.25) is 5.16 Å². The fraction of sp³-hybridized carbons (Fsp3) is 0.0435. The second kappa shape index (κ2) is 7.96. The molecule has 0 aliphatic heterocycles. The maximum atomic E-state index is 13.7. The topological polar surface area (TPSA) is 76.5 Å². The van der Waals surface area contributed by atoms with Crippen LogP contribution >= 0.6 is 11.8 Å². The van der Waals surface area contributed by atoms with Gasteiger partial charge in [-0.3, -0.25) is 4.79 Å². The quantitative estimate of drug-likeness (QED) is 0.319. The average molecular weight is 411 g/mol. The van der Waals surface area contributed by atoms with Gasteiger partial charge in [-0.15, -0.1) is 5.10 Å². The summed E-state index contributed by atoms with van der Waals surface area (Å²) in [6.07, 6.45) is 1.78. The second-order valence-electron chi connectivity index (χ2n) is 6.73. The van der Waals surface area contributed by atoms with Crippen molar-refractivity contribution in [2.24, 2.45) is 0 Å². The maximum Gasteiger partial charge on any atom is 0.215 e. The van der Waals surface area contributed by atoms with Crippen molar-refractivity contribution in [3.05, 3.63) is 102 Å². The molecule has 0 aliphatic carbocycles. The lowest BCUT2D eigenvalue weighted by molar-refractivity contribution is 0.0991. The Kier molecular flexibility index (Phi) is 4.86. The molecule has 0 aliphatic rings. The van der Waals surface area contributed by atoms with Gasteiger partial charge in [-0.1, -0.05) is 78.5 Å². The Morgan fingerprint density at radius 2 is 1.60 bits per heavy atom. The Labute approximate surface area is 176 Å². The molecule has 5 rings (SSSR count). The molecular formula is C23H17N5OS. The number of ketones is 1. The minimum Gasteiger partial charge on any atom is -0.360 e. The Morgan fingerprint density at radius 1 is 0.900 bits per heavy atom. The highest BCUT2D eigenvalue weighted by atomic mass is 32.2. The third-order valence-electron chi connectivity index (χ3n) is 4.86. The predicted octanol–water partition coefficient (Wildman–Crippen LogP) is 4.86. The fourth-order valence-electron chi connectivity index (χ4n) is 3.41. The minimum atomic E-state index is -0.487. The number of carbonyl (C=O) groups excluding carboxylic acids is 1. The van der Waals surface area contributed by atoms with Crippen LogP contribution in [0.2, 0.25) is 0 Å². The van der Waals surface area contributed by atoms with Crippen molar-refractivity contribution in [3.63, 3.8) is 0 Å². The summed E-state index contributed by atoms with van der Waals surface area (Å²) in [6.45, 7) is 0. The number of thioether (sulfide) groups is 1. The molecular weight excluding hydrogens is 394 g/mol. The zero-order valence-corrected chi connectivity index (χ0v) is 16.7. The van der Waals surface area contributed by atoms with E-state index in [1.165, 1.54) is 11.8 Å². The highest BCUT2D eigenvalue weighted by Gasteiger charge is 2.28. The van der Waals surface area contributed by atoms with Crippen LogP contribution < -0.4 is 0 Å². The summed E-state index contributed by atoms with van der Waals surface area (Å²) >= 11 is 1.35. The summed E-state index contributed by atoms with van der Waals surface area (Å²) in [7, 11) is 0. The summed E-state index contributed by atoms with van der Waals surface area (Å²) in [5.74, 6) is 0.00580. The summed E-state index contributed by atoms with van der Waals surface area (Å²) in [4.78, 5) is 16.9. The normalized spacial score (nSPS) is 12.1. The molecule has 2 aromatic heterocycles. The lowest BCUT2D eigenvalue weighted by atomic mass is 10.0. The third kappa shape index (κ3) is 3.40. The van der Waals surface area contributed by atoms with Crippen LogP contribution in [0, 0.1) is 0 Å². The number of para-hydroxylation sites is 2. The fourth-order valence-corrected chi connectivity index (χ4v) is 4.47. The van der Waals surface area contributed by atoms with E-state index < -0.39 is 5.25 Å². The molecule has 146 valence electrons. The van der Waals surface area contributed by atoms with Crippen LogP contribution in [0.1, 0.15) is 21.2 Å². The minimum absolute atomic E-state index is 0.00580. The monoisotopic (exact) mass is 411 g/mol. The molecule has 0 saturated heterocycles. The van der Waals surface area contributed by atoms with E-state index in [2.05, 4.69) is 20.5 Å². The van der Waals surface area contributed by atoms with Gasteiger partial charge in [-0.05, 0) is 34.2 Å². The number of hydrogen-bond acceptors (Lipinski definition) is 5. The molecule has 30 heavy (non-hydrogen) atoms. The predicted molar refractivity (Wildman–Crippen MR) is 117 cm³/mol. The van der Waals surface area contributed by atoms with E-state index in [4.69, 9.17) is 0 Å². The lowest BCUT2D eigenvalue weighted by Crippen LogP contribution is -2.11. The number of nitrogens with one attached hydrogen (secondary N) is 1. The smallest absolute Gasteiger partial charge is 0.215 e. The maximum absolute atomic E-state index is 13.7. The lowest BCUT2D eigenvalue weighted by Gasteiger charge is -2.15. The Balaban J connectivity index is 1.56. The summed E-state index contributed by atoms with van der Waals surface area (Å²) < 4.78 is 1.66. The van der Waals surface area contributed by atoms with Crippen LogP contribution in [0.15, 0.2) is 96.3 Å². The first-order valence-electron chi connectivity index (χ1n) is 9.47. The van der Waals surface area contributed by atoms with Crippen molar-refractivity contribution in [2.45, 2.75) is 10.4 Å². The SMILES string of the molecule is O=C(c1c[nH]c2ccccc12)[C@@H](Sc1nnnn1-c1ccccc1)c1ccccc1. The number of nitrogens with zero attached hydrogens (tertiary/aromatic N) is 4. The van der Waals surface area contributed by atoms with Crippen molar-refractivity contribution in [2.75, 3.05) is 0 Å². The largest absolute Gasteiger partial charge is 0.360 e. The van der Waals surface area contributed by atoms with Crippen molar-refractivity contribution in [1.29, 1.82) is 0 Å². The first-order chi connectivity index (χ1) is 14.8. The Hall–Kier alpha value is -3.71. The molecule has 1 atom stereocenters. The molecule has 0 bridgehead atoms. The Morgan fingerprint density at radius 3 is 2.40 bits per heavy atom. The molecule has 0 saturated carbocycles. The van der Waals surface area contributed by atoms with Crippen LogP contribution in [-0.4, -0.2) is 31.0 Å². The van der Waals surface area contributed by atoms with Gasteiger partial charge in [0.25, 0.3) is 0 Å². The number of rotatable bonds is 6. The molecule has 5 aromatic rings. The molecule has 1 N–H and O–H groups in total. The van der Waals surface area contributed by atoms with Gasteiger partial charge in [-0.25, -0.2) is 0 Å². The number of benzene rings is 3. The standard InChI is InChI=1S/C23H17N5OS/c29-21(19-15-24-20-14-8-7-13-18(19)20)22(16-9-3-1-4-10-16)30-23-25-26-27-28(23)17-11-5-2-6-12-17/h1-15,22,24H/t22-/m0/s1. The first kappa shape index (κ1) is 18.3. The number of Topliss-reactive ketones (excluding diaryl/α,β-unsaturated/α-hetero) is 1. The number of carbonyl (C=O) groups is 1. The van der Waals surface area contributed by atoms with E-state index in [0.717, 1.165) is 22.2 Å². The number of aromatic nitrogens is 5. The molecule has 2 heterocycles. The van der Waals surface area contributed by atoms with Gasteiger partial charge in [0.05, 0.1) is 5.69 Å². The highest BCUT2D eigenvalue weighted by Crippen LogP contribution is 2.38. The zero-order chi connectivity index (χ0) is 20.3. The summed E-state index contributed by atoms with van der Waals surface area (Å²) in [5.41, 5.74) is 3.34. The number of H-pyrrole nitrogens is 1. The number of aromatic amines is 1. The Bertz CT molecular complexity index is 1300. The molecule has 3 aromatic carbocycles. The van der Waals surface area contributed by atoms with Crippen LogP contribution in [0.5, 0.6) is 0 Å². The molecule has 0 fully saturated rings. The number of tetrazole rings is 1. The van der Waals surface area contributed by atoms with E-state index in [1.54, 1.807) is 10.9 Å². The van der Waals surface area contributed by atoms with Crippen LogP contribution in [-0.2, 0) is 0 Å². The van der Waals surface area contributed by atoms with Crippen molar-refractivity contribution in [1.82, 2.24) is 25.2 Å². The van der Waals surface area contributed by atoms with Gasteiger partial charge in [-0.2, -0.15) is 4.68 Å². The van der Waals surface area contributed by atoms with Crippen molar-refractivity contribution < 1.29 is 4.79 Å². The molecule has 0 unspecified atom stereocenters. The van der Waals surface area contributed by atoms with E-state index in [-0.39, 0.29) is 5.78 Å². The molecule has 0 spiro atoms. The summed E-state index contributed by atoms with van der Waals surface area (Å²) in [6, 6.07) is 27.2. The van der Waals surface area contributed by atoms with Gasteiger partial charge in [0, 0.05) is 22.7 Å². The third-order valence-corrected chi connectivity index (χ3v) is 6.05. The highest BCUT2D eigenvalue weighted by molar-refractivity contribution is 8.00. The molecule has 0 radical (unpaired) electrons. The average Bonchev–Trinajstić information content (AvgIpc) is 3.45. The van der Waals surface area contributed by atoms with Crippen LogP contribution in [0.25, 0.3) is 16.6 Å². The van der Waals surface area contributed by atoms with Crippen LogP contribution in [0.4, 0.5) is 0 Å². The molecule has 0 amide bonds. The molecule has 6 nitrogen and oxygen atoms in total. The van der Waals surface area contributed by atoms with E-state index in [9.17, 15) is 4.79 Å². The van der Waals surface area contributed by atoms with Gasteiger partial charge in [0.15, 0.2) is 5.78 Å². The van der Waals surface area contributed by atoms with Gasteiger partial charge in [0.1, 0.15) is 5.25 Å². The van der Waals surface area contributed by atoms with Gasteiger partial charge >= 0.3 is 0 Å². The van der Waals surface area contributed by atoms with Crippen molar-refractivity contribution in [3.8, 4) is 5.69 Å². The van der Waals surface area contributed by atoms with E-state index in [0.29, 0.717) is 10.7 Å². The van der Waals surface area contributed by atoms with E-state index in [1.807, 2.05) is 84.9 Å². The first-order valence-corrected chi connectivity index (χ1v) is 10.3. The zero-order valence-electron chi connectivity index (χ0n) is 15.8.